The molecule has 0 amide bonds. The van der Waals surface area contributed by atoms with Crippen LogP contribution in [0.4, 0.5) is 5.82 Å². The van der Waals surface area contributed by atoms with E-state index in [1.807, 2.05) is 19.3 Å². The normalized spacial score (nSPS) is 11.0. The minimum Gasteiger partial charge on any atom is -0.383 e. The van der Waals surface area contributed by atoms with Crippen LogP contribution in [0.15, 0.2) is 18.5 Å². The summed E-state index contributed by atoms with van der Waals surface area (Å²) in [5.41, 5.74) is 9.43. The molecule has 2 rings (SSSR count). The van der Waals surface area contributed by atoms with Crippen molar-refractivity contribution in [3.63, 3.8) is 0 Å². The van der Waals surface area contributed by atoms with E-state index in [0.29, 0.717) is 17.6 Å². The van der Waals surface area contributed by atoms with Crippen LogP contribution in [0.3, 0.4) is 0 Å². The summed E-state index contributed by atoms with van der Waals surface area (Å²) in [4.78, 5) is 12.8. The number of anilines is 1. The predicted octanol–water partition coefficient (Wildman–Crippen LogP) is 3.08. The van der Waals surface area contributed by atoms with Gasteiger partial charge in [0.25, 0.3) is 0 Å². The lowest BCUT2D eigenvalue weighted by Gasteiger charge is -2.13. The van der Waals surface area contributed by atoms with Crippen molar-refractivity contribution in [3.8, 4) is 0 Å². The minimum atomic E-state index is 0.437. The number of rotatable bonds is 3. The van der Waals surface area contributed by atoms with Gasteiger partial charge in [-0.25, -0.2) is 9.97 Å². The molecular formula is C14H17IN4. The Morgan fingerprint density at radius 3 is 2.58 bits per heavy atom. The van der Waals surface area contributed by atoms with Crippen molar-refractivity contribution in [2.24, 2.45) is 0 Å². The SMILES string of the molecule is Cc1ncc(Cc2cc(I)ncc2C(C)C)c(N)n1. The molecule has 0 saturated carbocycles. The lowest BCUT2D eigenvalue weighted by atomic mass is 9.95. The second kappa shape index (κ2) is 5.81. The molecule has 0 aliphatic rings. The Hall–Kier alpha value is -1.24. The number of hydrogen-bond acceptors (Lipinski definition) is 4. The highest BCUT2D eigenvalue weighted by atomic mass is 127. The van der Waals surface area contributed by atoms with Gasteiger partial charge in [0.2, 0.25) is 0 Å². The summed E-state index contributed by atoms with van der Waals surface area (Å²) in [6.07, 6.45) is 4.51. The summed E-state index contributed by atoms with van der Waals surface area (Å²) < 4.78 is 0.989. The van der Waals surface area contributed by atoms with Crippen LogP contribution in [0.25, 0.3) is 0 Å². The largest absolute Gasteiger partial charge is 0.383 e. The summed E-state index contributed by atoms with van der Waals surface area (Å²) in [5.74, 6) is 1.70. The first-order chi connectivity index (χ1) is 8.97. The average Bonchev–Trinajstić information content (AvgIpc) is 2.32. The number of nitrogens with zero attached hydrogens (tertiary/aromatic N) is 3. The van der Waals surface area contributed by atoms with Gasteiger partial charge in [-0.1, -0.05) is 13.8 Å². The topological polar surface area (TPSA) is 64.7 Å². The van der Waals surface area contributed by atoms with Crippen LogP contribution in [0, 0.1) is 10.6 Å². The molecule has 2 aromatic rings. The van der Waals surface area contributed by atoms with Gasteiger partial charge >= 0.3 is 0 Å². The molecule has 0 atom stereocenters. The molecule has 2 N–H and O–H groups in total. The highest BCUT2D eigenvalue weighted by Crippen LogP contribution is 2.24. The van der Waals surface area contributed by atoms with Crippen molar-refractivity contribution in [1.82, 2.24) is 15.0 Å². The Bertz CT molecular complexity index is 596. The van der Waals surface area contributed by atoms with Crippen LogP contribution in [0.1, 0.15) is 42.3 Å². The third kappa shape index (κ3) is 3.40. The Morgan fingerprint density at radius 2 is 1.95 bits per heavy atom. The molecule has 2 heterocycles. The van der Waals surface area contributed by atoms with Gasteiger partial charge in [-0.3, -0.25) is 4.98 Å². The molecule has 2 aromatic heterocycles. The molecular weight excluding hydrogens is 351 g/mol. The molecule has 19 heavy (non-hydrogen) atoms. The Labute approximate surface area is 127 Å². The first-order valence-electron chi connectivity index (χ1n) is 6.19. The van der Waals surface area contributed by atoms with Crippen molar-refractivity contribution in [2.75, 3.05) is 5.73 Å². The first kappa shape index (κ1) is 14.2. The van der Waals surface area contributed by atoms with E-state index < -0.39 is 0 Å². The standard InChI is InChI=1S/C14H17IN4/c1-8(2)12-7-18-13(15)5-10(12)4-11-6-17-9(3)19-14(11)16/h5-8H,4H2,1-3H3,(H2,16,17,19). The van der Waals surface area contributed by atoms with E-state index in [1.165, 1.54) is 11.1 Å². The van der Waals surface area contributed by atoms with Gasteiger partial charge < -0.3 is 5.73 Å². The monoisotopic (exact) mass is 368 g/mol. The van der Waals surface area contributed by atoms with Crippen LogP contribution >= 0.6 is 22.6 Å². The summed E-state index contributed by atoms with van der Waals surface area (Å²) in [6.45, 7) is 6.18. The fourth-order valence-electron chi connectivity index (χ4n) is 2.01. The summed E-state index contributed by atoms with van der Waals surface area (Å²) in [6, 6.07) is 2.11. The molecule has 0 aliphatic heterocycles. The van der Waals surface area contributed by atoms with E-state index >= 15 is 0 Å². The second-order valence-corrected chi connectivity index (χ2v) is 5.97. The fourth-order valence-corrected chi connectivity index (χ4v) is 2.52. The van der Waals surface area contributed by atoms with Crippen LogP contribution in [0.5, 0.6) is 0 Å². The van der Waals surface area contributed by atoms with Crippen molar-refractivity contribution >= 4 is 28.4 Å². The van der Waals surface area contributed by atoms with E-state index in [1.54, 1.807) is 0 Å². The smallest absolute Gasteiger partial charge is 0.130 e. The molecule has 5 heteroatoms. The number of halogens is 1. The number of pyridine rings is 1. The van der Waals surface area contributed by atoms with Crippen molar-refractivity contribution in [1.29, 1.82) is 0 Å². The first-order valence-corrected chi connectivity index (χ1v) is 7.27. The highest BCUT2D eigenvalue weighted by molar-refractivity contribution is 14.1. The number of aryl methyl sites for hydroxylation is 1. The molecule has 0 spiro atoms. The maximum absolute atomic E-state index is 5.96. The van der Waals surface area contributed by atoms with Crippen molar-refractivity contribution in [3.05, 3.63) is 44.7 Å². The molecule has 0 unspecified atom stereocenters. The van der Waals surface area contributed by atoms with Gasteiger partial charge in [-0.2, -0.15) is 0 Å². The zero-order chi connectivity index (χ0) is 14.0. The van der Waals surface area contributed by atoms with Crippen LogP contribution in [-0.2, 0) is 6.42 Å². The molecule has 0 fully saturated rings. The van der Waals surface area contributed by atoms with E-state index in [0.717, 1.165) is 15.7 Å². The maximum atomic E-state index is 5.96. The van der Waals surface area contributed by atoms with Gasteiger partial charge in [0.1, 0.15) is 15.3 Å². The number of nitrogen functional groups attached to an aromatic ring is 1. The van der Waals surface area contributed by atoms with Crippen molar-refractivity contribution < 1.29 is 0 Å². The van der Waals surface area contributed by atoms with E-state index in [9.17, 15) is 0 Å². The molecule has 0 saturated heterocycles. The Balaban J connectivity index is 2.39. The Morgan fingerprint density at radius 1 is 1.21 bits per heavy atom. The van der Waals surface area contributed by atoms with E-state index in [4.69, 9.17) is 5.73 Å². The molecule has 0 radical (unpaired) electrons. The van der Waals surface area contributed by atoms with Crippen LogP contribution in [0.2, 0.25) is 0 Å². The highest BCUT2D eigenvalue weighted by Gasteiger charge is 2.11. The Kier molecular flexibility index (Phi) is 4.34. The summed E-state index contributed by atoms with van der Waals surface area (Å²) >= 11 is 2.23. The molecule has 100 valence electrons. The average molecular weight is 368 g/mol. The maximum Gasteiger partial charge on any atom is 0.130 e. The van der Waals surface area contributed by atoms with Gasteiger partial charge in [0.15, 0.2) is 0 Å². The molecule has 0 aromatic carbocycles. The van der Waals surface area contributed by atoms with Gasteiger partial charge in [-0.05, 0) is 52.6 Å². The summed E-state index contributed by atoms with van der Waals surface area (Å²) in [7, 11) is 0. The second-order valence-electron chi connectivity index (χ2n) is 4.87. The fraction of sp³-hybridized carbons (Fsp3) is 0.357. The molecule has 4 nitrogen and oxygen atoms in total. The zero-order valence-electron chi connectivity index (χ0n) is 11.3. The van der Waals surface area contributed by atoms with Gasteiger partial charge in [0, 0.05) is 24.4 Å². The number of hydrogen-bond donors (Lipinski definition) is 1. The zero-order valence-corrected chi connectivity index (χ0v) is 13.5. The van der Waals surface area contributed by atoms with E-state index in [-0.39, 0.29) is 0 Å². The number of nitrogens with two attached hydrogens (primary N) is 1. The molecule has 0 bridgehead atoms. The molecule has 0 aliphatic carbocycles. The van der Waals surface area contributed by atoms with Crippen LogP contribution in [-0.4, -0.2) is 15.0 Å². The third-order valence-electron chi connectivity index (χ3n) is 3.01. The number of aromatic nitrogens is 3. The third-order valence-corrected chi connectivity index (χ3v) is 3.60. The summed E-state index contributed by atoms with van der Waals surface area (Å²) in [5, 5.41) is 0. The van der Waals surface area contributed by atoms with Gasteiger partial charge in [-0.15, -0.1) is 0 Å². The predicted molar refractivity (Wildman–Crippen MR) is 85.0 cm³/mol. The van der Waals surface area contributed by atoms with Gasteiger partial charge in [0.05, 0.1) is 0 Å². The van der Waals surface area contributed by atoms with Crippen molar-refractivity contribution in [2.45, 2.75) is 33.1 Å². The lowest BCUT2D eigenvalue weighted by Crippen LogP contribution is -2.05. The minimum absolute atomic E-state index is 0.437. The lowest BCUT2D eigenvalue weighted by molar-refractivity contribution is 0.835. The quantitative estimate of drug-likeness (QED) is 0.668. The van der Waals surface area contributed by atoms with E-state index in [2.05, 4.69) is 57.5 Å². The van der Waals surface area contributed by atoms with Crippen LogP contribution < -0.4 is 5.73 Å².